The lowest BCUT2D eigenvalue weighted by Crippen LogP contribution is -2.28. The Kier molecular flexibility index (Phi) is 2.40. The molecule has 1 aliphatic carbocycles. The topological polar surface area (TPSA) is 39.2 Å². The normalized spacial score (nSPS) is 22.5. The first kappa shape index (κ1) is 9.78. The smallest absolute Gasteiger partial charge is 0.121 e. The summed E-state index contributed by atoms with van der Waals surface area (Å²) < 4.78 is 5.60. The summed E-state index contributed by atoms with van der Waals surface area (Å²) in [5, 5.41) is 0. The van der Waals surface area contributed by atoms with Gasteiger partial charge in [-0.1, -0.05) is 19.8 Å². The van der Waals surface area contributed by atoms with Gasteiger partial charge in [-0.2, -0.15) is 0 Å². The number of hydrogen-bond donors (Lipinski definition) is 1. The summed E-state index contributed by atoms with van der Waals surface area (Å²) in [7, 11) is 0. The molecular weight excluding hydrogens is 174 g/mol. The molecule has 1 aromatic heterocycles. The maximum atomic E-state index is 6.25. The van der Waals surface area contributed by atoms with E-state index >= 15 is 0 Å². The molecule has 2 nitrogen and oxygen atoms in total. The molecule has 2 N–H and O–H groups in total. The van der Waals surface area contributed by atoms with Crippen molar-refractivity contribution in [3.8, 4) is 0 Å². The first-order valence-corrected chi connectivity index (χ1v) is 5.44. The van der Waals surface area contributed by atoms with E-state index in [1.165, 1.54) is 25.7 Å². The van der Waals surface area contributed by atoms with Gasteiger partial charge in [0.1, 0.15) is 11.5 Å². The molecule has 78 valence electrons. The minimum atomic E-state index is 0.0682. The highest BCUT2D eigenvalue weighted by molar-refractivity contribution is 5.12. The fraction of sp³-hybridized carbons (Fsp3) is 0.667. The van der Waals surface area contributed by atoms with Crippen molar-refractivity contribution in [2.24, 2.45) is 11.1 Å². The third-order valence-electron chi connectivity index (χ3n) is 3.56. The Balaban J connectivity index is 2.18. The second-order valence-electron chi connectivity index (χ2n) is 4.79. The molecule has 1 aromatic rings. The molecular formula is C12H19NO. The fourth-order valence-electron chi connectivity index (χ4n) is 2.46. The molecule has 0 unspecified atom stereocenters. The molecule has 0 bridgehead atoms. The Morgan fingerprint density at radius 1 is 1.36 bits per heavy atom. The fourth-order valence-corrected chi connectivity index (χ4v) is 2.46. The van der Waals surface area contributed by atoms with E-state index in [0.717, 1.165) is 11.5 Å². The first-order chi connectivity index (χ1) is 6.62. The quantitative estimate of drug-likeness (QED) is 0.783. The van der Waals surface area contributed by atoms with Gasteiger partial charge in [0.05, 0.1) is 6.04 Å². The van der Waals surface area contributed by atoms with Crippen molar-refractivity contribution in [3.05, 3.63) is 23.7 Å². The molecule has 14 heavy (non-hydrogen) atoms. The third kappa shape index (κ3) is 1.59. The molecule has 0 aliphatic heterocycles. The number of hydrogen-bond acceptors (Lipinski definition) is 2. The summed E-state index contributed by atoms with van der Waals surface area (Å²) in [5.41, 5.74) is 6.51. The molecule has 0 radical (unpaired) electrons. The van der Waals surface area contributed by atoms with E-state index < -0.39 is 0 Å². The van der Waals surface area contributed by atoms with E-state index in [1.807, 2.05) is 19.1 Å². The Morgan fingerprint density at radius 3 is 2.50 bits per heavy atom. The molecule has 2 rings (SSSR count). The molecule has 1 aliphatic rings. The van der Waals surface area contributed by atoms with Crippen molar-refractivity contribution in [1.29, 1.82) is 0 Å². The van der Waals surface area contributed by atoms with Gasteiger partial charge >= 0.3 is 0 Å². The highest BCUT2D eigenvalue weighted by Crippen LogP contribution is 2.46. The van der Waals surface area contributed by atoms with Gasteiger partial charge in [0.2, 0.25) is 0 Å². The van der Waals surface area contributed by atoms with E-state index in [0.29, 0.717) is 0 Å². The maximum Gasteiger partial charge on any atom is 0.121 e. The first-order valence-electron chi connectivity index (χ1n) is 5.44. The van der Waals surface area contributed by atoms with E-state index in [2.05, 4.69) is 6.92 Å². The summed E-state index contributed by atoms with van der Waals surface area (Å²) in [6, 6.07) is 4.08. The number of aryl methyl sites for hydroxylation is 1. The minimum Gasteiger partial charge on any atom is -0.465 e. The summed E-state index contributed by atoms with van der Waals surface area (Å²) in [5.74, 6) is 1.91. The molecule has 1 saturated carbocycles. The molecule has 0 spiro atoms. The molecule has 0 aromatic carbocycles. The lowest BCUT2D eigenvalue weighted by molar-refractivity contribution is 0.234. The lowest BCUT2D eigenvalue weighted by atomic mass is 9.80. The Hall–Kier alpha value is -0.760. The Labute approximate surface area is 85.5 Å². The van der Waals surface area contributed by atoms with Crippen LogP contribution >= 0.6 is 0 Å². The van der Waals surface area contributed by atoms with E-state index in [9.17, 15) is 0 Å². The van der Waals surface area contributed by atoms with Gasteiger partial charge in [0.25, 0.3) is 0 Å². The largest absolute Gasteiger partial charge is 0.465 e. The highest BCUT2D eigenvalue weighted by Gasteiger charge is 2.37. The van der Waals surface area contributed by atoms with Crippen LogP contribution in [0, 0.1) is 12.3 Å². The van der Waals surface area contributed by atoms with Crippen molar-refractivity contribution in [2.45, 2.75) is 45.6 Å². The van der Waals surface area contributed by atoms with E-state index in [-0.39, 0.29) is 11.5 Å². The van der Waals surface area contributed by atoms with Gasteiger partial charge in [-0.05, 0) is 37.3 Å². The molecule has 2 heteroatoms. The van der Waals surface area contributed by atoms with Crippen LogP contribution in [0.2, 0.25) is 0 Å². The predicted molar refractivity (Wildman–Crippen MR) is 56.9 cm³/mol. The second kappa shape index (κ2) is 3.43. The van der Waals surface area contributed by atoms with Crippen LogP contribution in [0.5, 0.6) is 0 Å². The van der Waals surface area contributed by atoms with Gasteiger partial charge in [-0.3, -0.25) is 0 Å². The van der Waals surface area contributed by atoms with Crippen molar-refractivity contribution < 1.29 is 4.42 Å². The van der Waals surface area contributed by atoms with Crippen LogP contribution in [-0.4, -0.2) is 0 Å². The summed E-state index contributed by atoms with van der Waals surface area (Å²) in [6.45, 7) is 4.25. The van der Waals surface area contributed by atoms with Crippen LogP contribution in [0.1, 0.15) is 50.2 Å². The number of rotatable bonds is 2. The zero-order valence-electron chi connectivity index (χ0n) is 9.05. The van der Waals surface area contributed by atoms with Gasteiger partial charge in [-0.15, -0.1) is 0 Å². The standard InChI is InChI=1S/C12H19NO/c1-9-5-6-10(14-9)11(13)12(2)7-3-4-8-12/h5-6,11H,3-4,7-8,13H2,1-2H3/t11-/m0/s1. The summed E-state index contributed by atoms with van der Waals surface area (Å²) in [6.07, 6.45) is 5.08. The van der Waals surface area contributed by atoms with Crippen LogP contribution in [-0.2, 0) is 0 Å². The summed E-state index contributed by atoms with van der Waals surface area (Å²) in [4.78, 5) is 0. The number of furan rings is 1. The Morgan fingerprint density at radius 2 is 2.00 bits per heavy atom. The van der Waals surface area contributed by atoms with Gasteiger partial charge in [0, 0.05) is 0 Å². The van der Waals surface area contributed by atoms with Crippen molar-refractivity contribution >= 4 is 0 Å². The summed E-state index contributed by atoms with van der Waals surface area (Å²) >= 11 is 0. The van der Waals surface area contributed by atoms with Gasteiger partial charge in [-0.25, -0.2) is 0 Å². The lowest BCUT2D eigenvalue weighted by Gasteiger charge is -2.29. The minimum absolute atomic E-state index is 0.0682. The third-order valence-corrected chi connectivity index (χ3v) is 3.56. The predicted octanol–water partition coefficient (Wildman–Crippen LogP) is 3.17. The van der Waals surface area contributed by atoms with Gasteiger partial charge < -0.3 is 10.2 Å². The second-order valence-corrected chi connectivity index (χ2v) is 4.79. The molecule has 0 amide bonds. The van der Waals surface area contributed by atoms with Crippen LogP contribution in [0.3, 0.4) is 0 Å². The van der Waals surface area contributed by atoms with Gasteiger partial charge in [0.15, 0.2) is 0 Å². The van der Waals surface area contributed by atoms with Crippen molar-refractivity contribution in [2.75, 3.05) is 0 Å². The van der Waals surface area contributed by atoms with Crippen LogP contribution in [0.4, 0.5) is 0 Å². The Bertz CT molecular complexity index is 310. The van der Waals surface area contributed by atoms with Crippen molar-refractivity contribution in [3.63, 3.8) is 0 Å². The number of nitrogens with two attached hydrogens (primary N) is 1. The molecule has 1 heterocycles. The maximum absolute atomic E-state index is 6.25. The molecule has 1 fully saturated rings. The molecule has 0 saturated heterocycles. The van der Waals surface area contributed by atoms with E-state index in [4.69, 9.17) is 10.2 Å². The van der Waals surface area contributed by atoms with Crippen molar-refractivity contribution in [1.82, 2.24) is 0 Å². The molecule has 1 atom stereocenters. The average Bonchev–Trinajstić information content (AvgIpc) is 2.74. The van der Waals surface area contributed by atoms with Crippen LogP contribution in [0.15, 0.2) is 16.5 Å². The van der Waals surface area contributed by atoms with Crippen LogP contribution in [0.25, 0.3) is 0 Å². The zero-order valence-corrected chi connectivity index (χ0v) is 9.05. The SMILES string of the molecule is Cc1ccc([C@H](N)C2(C)CCCC2)o1. The highest BCUT2D eigenvalue weighted by atomic mass is 16.3. The average molecular weight is 193 g/mol. The van der Waals surface area contributed by atoms with Crippen LogP contribution < -0.4 is 5.73 Å². The van der Waals surface area contributed by atoms with E-state index in [1.54, 1.807) is 0 Å². The zero-order chi connectivity index (χ0) is 10.2. The monoisotopic (exact) mass is 193 g/mol.